The summed E-state index contributed by atoms with van der Waals surface area (Å²) in [6, 6.07) is 11.3. The van der Waals surface area contributed by atoms with E-state index >= 15 is 0 Å². The van der Waals surface area contributed by atoms with E-state index in [1.54, 1.807) is 12.3 Å². The molecule has 2 rings (SSSR count). The van der Waals surface area contributed by atoms with E-state index < -0.39 is 0 Å². The lowest BCUT2D eigenvalue weighted by Crippen LogP contribution is -2.12. The lowest BCUT2D eigenvalue weighted by Gasteiger charge is -2.08. The Morgan fingerprint density at radius 2 is 1.84 bits per heavy atom. The second-order valence-electron chi connectivity index (χ2n) is 4.92. The number of nitrogens with one attached hydrogen (secondary N) is 1. The Bertz CT molecular complexity index is 574. The van der Waals surface area contributed by atoms with Gasteiger partial charge in [-0.3, -0.25) is 9.78 Å². The van der Waals surface area contributed by atoms with Crippen molar-refractivity contribution in [1.29, 1.82) is 0 Å². The van der Waals surface area contributed by atoms with Gasteiger partial charge in [-0.25, -0.2) is 0 Å². The number of anilines is 1. The number of pyridine rings is 1. The van der Waals surface area contributed by atoms with Gasteiger partial charge in [-0.2, -0.15) is 0 Å². The molecule has 1 amide bonds. The number of hydrogen-bond donors (Lipinski definition) is 1. The van der Waals surface area contributed by atoms with Crippen molar-refractivity contribution in [2.45, 2.75) is 26.7 Å². The molecule has 2 aromatic rings. The van der Waals surface area contributed by atoms with Gasteiger partial charge in [-0.05, 0) is 42.7 Å². The number of benzene rings is 1. The molecular formula is C16H18N2O. The van der Waals surface area contributed by atoms with Gasteiger partial charge in [-0.1, -0.05) is 26.0 Å². The smallest absolute Gasteiger partial charge is 0.255 e. The summed E-state index contributed by atoms with van der Waals surface area (Å²) in [4.78, 5) is 16.2. The minimum absolute atomic E-state index is 0.0964. The molecule has 1 heterocycles. The molecule has 19 heavy (non-hydrogen) atoms. The lowest BCUT2D eigenvalue weighted by molar-refractivity contribution is 0.102. The Labute approximate surface area is 113 Å². The summed E-state index contributed by atoms with van der Waals surface area (Å²) in [5, 5.41) is 2.87. The molecule has 0 bridgehead atoms. The quantitative estimate of drug-likeness (QED) is 0.906. The van der Waals surface area contributed by atoms with Crippen LogP contribution in [0.15, 0.2) is 42.6 Å². The number of rotatable bonds is 3. The second-order valence-corrected chi connectivity index (χ2v) is 4.92. The second kappa shape index (κ2) is 5.65. The summed E-state index contributed by atoms with van der Waals surface area (Å²) in [7, 11) is 0. The monoisotopic (exact) mass is 254 g/mol. The first-order chi connectivity index (χ1) is 9.06. The van der Waals surface area contributed by atoms with E-state index in [0.717, 1.165) is 11.4 Å². The summed E-state index contributed by atoms with van der Waals surface area (Å²) in [6.45, 7) is 6.16. The maximum atomic E-state index is 12.1. The molecule has 1 N–H and O–H groups in total. The minimum atomic E-state index is -0.0964. The van der Waals surface area contributed by atoms with Crippen molar-refractivity contribution >= 4 is 11.6 Å². The molecule has 1 aromatic heterocycles. The standard InChI is InChI=1S/C16H18N2O/c1-11(2)13-4-6-14(7-5-13)16(19)18-15-8-9-17-12(3)10-15/h4-11H,1-3H3,(H,17,18,19). The van der Waals surface area contributed by atoms with Gasteiger partial charge in [0.15, 0.2) is 0 Å². The van der Waals surface area contributed by atoms with Crippen LogP contribution in [0.5, 0.6) is 0 Å². The predicted octanol–water partition coefficient (Wildman–Crippen LogP) is 3.77. The molecule has 0 spiro atoms. The van der Waals surface area contributed by atoms with Crippen LogP contribution in [-0.4, -0.2) is 10.9 Å². The van der Waals surface area contributed by atoms with E-state index in [-0.39, 0.29) is 5.91 Å². The molecule has 0 aliphatic rings. The minimum Gasteiger partial charge on any atom is -0.322 e. The molecule has 0 unspecified atom stereocenters. The van der Waals surface area contributed by atoms with E-state index in [2.05, 4.69) is 24.1 Å². The highest BCUT2D eigenvalue weighted by Gasteiger charge is 2.07. The lowest BCUT2D eigenvalue weighted by atomic mass is 10.0. The fourth-order valence-corrected chi connectivity index (χ4v) is 1.85. The van der Waals surface area contributed by atoms with Crippen molar-refractivity contribution in [3.63, 3.8) is 0 Å². The van der Waals surface area contributed by atoms with Gasteiger partial charge in [0.1, 0.15) is 0 Å². The highest BCUT2D eigenvalue weighted by atomic mass is 16.1. The number of carbonyl (C=O) groups excluding carboxylic acids is 1. The Hall–Kier alpha value is -2.16. The van der Waals surface area contributed by atoms with E-state index in [0.29, 0.717) is 11.5 Å². The number of amides is 1. The molecule has 0 aliphatic heterocycles. The van der Waals surface area contributed by atoms with Crippen molar-refractivity contribution in [1.82, 2.24) is 4.98 Å². The van der Waals surface area contributed by atoms with Crippen LogP contribution in [0.3, 0.4) is 0 Å². The average Bonchev–Trinajstić information content (AvgIpc) is 2.39. The van der Waals surface area contributed by atoms with Crippen LogP contribution in [0, 0.1) is 6.92 Å². The van der Waals surface area contributed by atoms with Crippen LogP contribution in [0.25, 0.3) is 0 Å². The zero-order valence-corrected chi connectivity index (χ0v) is 11.5. The van der Waals surface area contributed by atoms with Crippen LogP contribution in [0.1, 0.15) is 41.4 Å². The zero-order chi connectivity index (χ0) is 13.8. The van der Waals surface area contributed by atoms with Crippen LogP contribution < -0.4 is 5.32 Å². The van der Waals surface area contributed by atoms with Crippen LogP contribution in [-0.2, 0) is 0 Å². The molecular weight excluding hydrogens is 236 g/mol. The van der Waals surface area contributed by atoms with Crippen molar-refractivity contribution in [2.24, 2.45) is 0 Å². The highest BCUT2D eigenvalue weighted by molar-refractivity contribution is 6.04. The van der Waals surface area contributed by atoms with E-state index in [9.17, 15) is 4.79 Å². The summed E-state index contributed by atoms with van der Waals surface area (Å²) >= 11 is 0. The summed E-state index contributed by atoms with van der Waals surface area (Å²) in [5.74, 6) is 0.376. The highest BCUT2D eigenvalue weighted by Crippen LogP contribution is 2.16. The van der Waals surface area contributed by atoms with Gasteiger partial charge < -0.3 is 5.32 Å². The molecule has 0 saturated carbocycles. The van der Waals surface area contributed by atoms with E-state index in [1.165, 1.54) is 5.56 Å². The van der Waals surface area contributed by atoms with Crippen molar-refractivity contribution in [2.75, 3.05) is 5.32 Å². The molecule has 3 heteroatoms. The third kappa shape index (κ3) is 3.41. The molecule has 3 nitrogen and oxygen atoms in total. The molecule has 98 valence electrons. The number of aromatic nitrogens is 1. The van der Waals surface area contributed by atoms with Gasteiger partial charge in [0.2, 0.25) is 0 Å². The largest absolute Gasteiger partial charge is 0.322 e. The molecule has 0 saturated heterocycles. The maximum absolute atomic E-state index is 12.1. The normalized spacial score (nSPS) is 10.5. The fraction of sp³-hybridized carbons (Fsp3) is 0.250. The first-order valence-corrected chi connectivity index (χ1v) is 6.40. The van der Waals surface area contributed by atoms with E-state index in [1.807, 2.05) is 37.3 Å². The summed E-state index contributed by atoms with van der Waals surface area (Å²) in [6.07, 6.45) is 1.69. The van der Waals surface area contributed by atoms with Gasteiger partial charge >= 0.3 is 0 Å². The van der Waals surface area contributed by atoms with Gasteiger partial charge in [0.05, 0.1) is 0 Å². The summed E-state index contributed by atoms with van der Waals surface area (Å²) < 4.78 is 0. The number of carbonyl (C=O) groups is 1. The third-order valence-electron chi connectivity index (χ3n) is 2.99. The topological polar surface area (TPSA) is 42.0 Å². The molecule has 0 fully saturated rings. The zero-order valence-electron chi connectivity index (χ0n) is 11.5. The average molecular weight is 254 g/mol. The first-order valence-electron chi connectivity index (χ1n) is 6.40. The number of nitrogens with zero attached hydrogens (tertiary/aromatic N) is 1. The van der Waals surface area contributed by atoms with Gasteiger partial charge in [0.25, 0.3) is 5.91 Å². The Morgan fingerprint density at radius 3 is 2.42 bits per heavy atom. The van der Waals surface area contributed by atoms with Gasteiger partial charge in [-0.15, -0.1) is 0 Å². The Morgan fingerprint density at radius 1 is 1.16 bits per heavy atom. The van der Waals surface area contributed by atoms with Crippen molar-refractivity contribution in [3.05, 3.63) is 59.4 Å². The van der Waals surface area contributed by atoms with E-state index in [4.69, 9.17) is 0 Å². The van der Waals surface area contributed by atoms with Crippen LogP contribution >= 0.6 is 0 Å². The number of aryl methyl sites for hydroxylation is 1. The molecule has 0 aliphatic carbocycles. The molecule has 1 aromatic carbocycles. The first kappa shape index (κ1) is 13.3. The predicted molar refractivity (Wildman–Crippen MR) is 77.5 cm³/mol. The Balaban J connectivity index is 2.11. The maximum Gasteiger partial charge on any atom is 0.255 e. The summed E-state index contributed by atoms with van der Waals surface area (Å²) in [5.41, 5.74) is 3.55. The fourth-order valence-electron chi connectivity index (χ4n) is 1.85. The van der Waals surface area contributed by atoms with Crippen molar-refractivity contribution in [3.8, 4) is 0 Å². The van der Waals surface area contributed by atoms with Crippen molar-refractivity contribution < 1.29 is 4.79 Å². The SMILES string of the molecule is Cc1cc(NC(=O)c2ccc(C(C)C)cc2)ccn1. The van der Waals surface area contributed by atoms with Crippen LogP contribution in [0.4, 0.5) is 5.69 Å². The van der Waals surface area contributed by atoms with Crippen LogP contribution in [0.2, 0.25) is 0 Å². The molecule has 0 radical (unpaired) electrons. The van der Waals surface area contributed by atoms with Gasteiger partial charge in [0, 0.05) is 23.1 Å². The Kier molecular flexibility index (Phi) is 3.95. The third-order valence-corrected chi connectivity index (χ3v) is 2.99. The molecule has 0 atom stereocenters. The number of hydrogen-bond acceptors (Lipinski definition) is 2.